The van der Waals surface area contributed by atoms with Gasteiger partial charge in [-0.2, -0.15) is 0 Å². The molecule has 12 heavy (non-hydrogen) atoms. The maximum atomic E-state index is 5.22. The van der Waals surface area contributed by atoms with Crippen LogP contribution in [0.15, 0.2) is 17.0 Å². The SMILES string of the molecule is CCc1cnc(C)c2ocnc12. The Balaban J connectivity index is 2.82. The van der Waals surface area contributed by atoms with Crippen LogP contribution in [0.2, 0.25) is 0 Å². The van der Waals surface area contributed by atoms with Crippen LogP contribution in [0.1, 0.15) is 18.2 Å². The summed E-state index contributed by atoms with van der Waals surface area (Å²) in [6, 6.07) is 0. The summed E-state index contributed by atoms with van der Waals surface area (Å²) >= 11 is 0. The molecule has 2 heterocycles. The highest BCUT2D eigenvalue weighted by Gasteiger charge is 2.06. The van der Waals surface area contributed by atoms with Crippen LogP contribution in [-0.4, -0.2) is 9.97 Å². The zero-order valence-electron chi connectivity index (χ0n) is 7.16. The second-order valence-corrected chi connectivity index (χ2v) is 2.75. The zero-order valence-corrected chi connectivity index (χ0v) is 7.16. The minimum Gasteiger partial charge on any atom is -0.442 e. The molecule has 62 valence electrons. The van der Waals surface area contributed by atoms with E-state index in [-0.39, 0.29) is 0 Å². The van der Waals surface area contributed by atoms with E-state index in [9.17, 15) is 0 Å². The predicted molar refractivity (Wildman–Crippen MR) is 45.9 cm³/mol. The number of aryl methyl sites for hydroxylation is 2. The van der Waals surface area contributed by atoms with E-state index in [4.69, 9.17) is 4.42 Å². The van der Waals surface area contributed by atoms with Gasteiger partial charge in [-0.3, -0.25) is 4.98 Å². The van der Waals surface area contributed by atoms with E-state index < -0.39 is 0 Å². The number of nitrogens with zero attached hydrogens (tertiary/aromatic N) is 2. The average Bonchev–Trinajstić information content (AvgIpc) is 2.54. The normalized spacial score (nSPS) is 10.8. The van der Waals surface area contributed by atoms with Crippen molar-refractivity contribution in [3.05, 3.63) is 23.8 Å². The second-order valence-electron chi connectivity index (χ2n) is 2.75. The van der Waals surface area contributed by atoms with Crippen LogP contribution in [0, 0.1) is 6.92 Å². The molecule has 2 aromatic rings. The molecule has 3 nitrogen and oxygen atoms in total. The van der Waals surface area contributed by atoms with E-state index in [1.54, 1.807) is 0 Å². The Hall–Kier alpha value is -1.38. The van der Waals surface area contributed by atoms with Crippen molar-refractivity contribution in [1.29, 1.82) is 0 Å². The molecule has 0 N–H and O–H groups in total. The quantitative estimate of drug-likeness (QED) is 0.644. The molecule has 0 saturated carbocycles. The Labute approximate surface area is 70.4 Å². The minimum atomic E-state index is 0.814. The molecule has 2 aromatic heterocycles. The third kappa shape index (κ3) is 0.897. The smallest absolute Gasteiger partial charge is 0.182 e. The molecule has 0 fully saturated rings. The monoisotopic (exact) mass is 162 g/mol. The summed E-state index contributed by atoms with van der Waals surface area (Å²) in [6.45, 7) is 4.01. The average molecular weight is 162 g/mol. The van der Waals surface area contributed by atoms with Crippen molar-refractivity contribution in [3.63, 3.8) is 0 Å². The molecular weight excluding hydrogens is 152 g/mol. The molecule has 0 spiro atoms. The van der Waals surface area contributed by atoms with Gasteiger partial charge in [-0.25, -0.2) is 4.98 Å². The van der Waals surface area contributed by atoms with Crippen LogP contribution in [0.5, 0.6) is 0 Å². The molecule has 0 aliphatic rings. The Bertz CT molecular complexity index is 406. The highest BCUT2D eigenvalue weighted by Crippen LogP contribution is 2.18. The minimum absolute atomic E-state index is 0.814. The van der Waals surface area contributed by atoms with Gasteiger partial charge in [0, 0.05) is 6.20 Å². The van der Waals surface area contributed by atoms with Gasteiger partial charge in [0.05, 0.1) is 5.69 Å². The molecule has 0 bridgehead atoms. The molecule has 0 amide bonds. The van der Waals surface area contributed by atoms with E-state index in [1.807, 2.05) is 13.1 Å². The first-order valence-electron chi connectivity index (χ1n) is 4.00. The van der Waals surface area contributed by atoms with Gasteiger partial charge in [0.1, 0.15) is 5.52 Å². The van der Waals surface area contributed by atoms with Crippen molar-refractivity contribution in [2.45, 2.75) is 20.3 Å². The summed E-state index contributed by atoms with van der Waals surface area (Å²) in [5.41, 5.74) is 3.81. The van der Waals surface area contributed by atoms with Crippen molar-refractivity contribution >= 4 is 11.1 Å². The van der Waals surface area contributed by atoms with Gasteiger partial charge < -0.3 is 4.42 Å². The molecule has 0 unspecified atom stereocenters. The van der Waals surface area contributed by atoms with Gasteiger partial charge in [-0.05, 0) is 18.9 Å². The lowest BCUT2D eigenvalue weighted by atomic mass is 10.2. The fourth-order valence-corrected chi connectivity index (χ4v) is 1.28. The van der Waals surface area contributed by atoms with Gasteiger partial charge in [0.15, 0.2) is 12.0 Å². The third-order valence-electron chi connectivity index (χ3n) is 2.00. The third-order valence-corrected chi connectivity index (χ3v) is 2.00. The summed E-state index contributed by atoms with van der Waals surface area (Å²) in [4.78, 5) is 8.36. The van der Waals surface area contributed by atoms with Crippen molar-refractivity contribution < 1.29 is 4.42 Å². The Morgan fingerprint density at radius 3 is 3.00 bits per heavy atom. The van der Waals surface area contributed by atoms with Crippen LogP contribution in [0.4, 0.5) is 0 Å². The van der Waals surface area contributed by atoms with E-state index >= 15 is 0 Å². The van der Waals surface area contributed by atoms with Crippen molar-refractivity contribution in [2.75, 3.05) is 0 Å². The van der Waals surface area contributed by atoms with Gasteiger partial charge in [-0.1, -0.05) is 6.92 Å². The van der Waals surface area contributed by atoms with E-state index in [0.717, 1.165) is 28.8 Å². The summed E-state index contributed by atoms with van der Waals surface area (Å²) < 4.78 is 5.22. The van der Waals surface area contributed by atoms with Crippen LogP contribution in [-0.2, 0) is 6.42 Å². The van der Waals surface area contributed by atoms with Gasteiger partial charge >= 0.3 is 0 Å². The van der Waals surface area contributed by atoms with Crippen molar-refractivity contribution in [1.82, 2.24) is 9.97 Å². The molecule has 0 aliphatic carbocycles. The summed E-state index contributed by atoms with van der Waals surface area (Å²) in [6.07, 6.45) is 4.27. The molecule has 0 radical (unpaired) electrons. The lowest BCUT2D eigenvalue weighted by molar-refractivity contribution is 0.598. The number of rotatable bonds is 1. The molecule has 0 atom stereocenters. The van der Waals surface area contributed by atoms with Gasteiger partial charge in [-0.15, -0.1) is 0 Å². The van der Waals surface area contributed by atoms with Gasteiger partial charge in [0.2, 0.25) is 0 Å². The van der Waals surface area contributed by atoms with Crippen molar-refractivity contribution in [2.24, 2.45) is 0 Å². The highest BCUT2D eigenvalue weighted by molar-refractivity contribution is 5.77. The number of aromatic nitrogens is 2. The van der Waals surface area contributed by atoms with E-state index in [1.165, 1.54) is 6.39 Å². The maximum absolute atomic E-state index is 5.22. The molecule has 2 rings (SSSR count). The molecule has 0 aliphatic heterocycles. The Kier molecular flexibility index (Phi) is 1.57. The van der Waals surface area contributed by atoms with E-state index in [0.29, 0.717) is 0 Å². The predicted octanol–water partition coefficient (Wildman–Crippen LogP) is 2.09. The number of oxazole rings is 1. The summed E-state index contributed by atoms with van der Waals surface area (Å²) in [5, 5.41) is 0. The molecule has 0 saturated heterocycles. The molecule has 0 aromatic carbocycles. The lowest BCUT2D eigenvalue weighted by Crippen LogP contribution is -1.88. The first kappa shape index (κ1) is 7.28. The number of hydrogen-bond donors (Lipinski definition) is 0. The lowest BCUT2D eigenvalue weighted by Gasteiger charge is -1.97. The van der Waals surface area contributed by atoms with E-state index in [2.05, 4.69) is 16.9 Å². The molecule has 3 heteroatoms. The fraction of sp³-hybridized carbons (Fsp3) is 0.333. The van der Waals surface area contributed by atoms with Crippen LogP contribution < -0.4 is 0 Å². The summed E-state index contributed by atoms with van der Waals surface area (Å²) in [7, 11) is 0. The molecular formula is C9H10N2O. The summed E-state index contributed by atoms with van der Waals surface area (Å²) in [5.74, 6) is 0. The first-order chi connectivity index (χ1) is 5.83. The Morgan fingerprint density at radius 1 is 1.42 bits per heavy atom. The van der Waals surface area contributed by atoms with Gasteiger partial charge in [0.25, 0.3) is 0 Å². The topological polar surface area (TPSA) is 38.9 Å². The fourth-order valence-electron chi connectivity index (χ4n) is 1.28. The standard InChI is InChI=1S/C9H10N2O/c1-3-7-4-10-6(2)9-8(7)11-5-12-9/h4-5H,3H2,1-2H3. The zero-order chi connectivity index (χ0) is 8.55. The van der Waals surface area contributed by atoms with Crippen LogP contribution in [0.25, 0.3) is 11.1 Å². The van der Waals surface area contributed by atoms with Crippen molar-refractivity contribution in [3.8, 4) is 0 Å². The Morgan fingerprint density at radius 2 is 2.25 bits per heavy atom. The highest BCUT2D eigenvalue weighted by atomic mass is 16.3. The maximum Gasteiger partial charge on any atom is 0.182 e. The number of pyridine rings is 1. The van der Waals surface area contributed by atoms with Crippen LogP contribution >= 0.6 is 0 Å². The second kappa shape index (κ2) is 2.59. The largest absolute Gasteiger partial charge is 0.442 e. The first-order valence-corrected chi connectivity index (χ1v) is 4.00. The number of hydrogen-bond acceptors (Lipinski definition) is 3. The number of fused-ring (bicyclic) bond motifs is 1. The van der Waals surface area contributed by atoms with Crippen LogP contribution in [0.3, 0.4) is 0 Å².